The monoisotopic (exact) mass is 333 g/mol. The van der Waals surface area contributed by atoms with Crippen LogP contribution in [0.15, 0.2) is 61.2 Å². The largest absolute Gasteiger partial charge is 0.494 e. The molecule has 0 bridgehead atoms. The van der Waals surface area contributed by atoms with Gasteiger partial charge in [-0.1, -0.05) is 30.3 Å². The van der Waals surface area contributed by atoms with Crippen molar-refractivity contribution in [3.8, 4) is 16.9 Å². The molecule has 0 aliphatic rings. The Kier molecular flexibility index (Phi) is 3.85. The minimum atomic E-state index is 0.732. The maximum Gasteiger partial charge on any atom is 0.147 e. The van der Waals surface area contributed by atoms with Crippen molar-refractivity contribution in [2.75, 3.05) is 12.4 Å². The number of nitrogens with zero attached hydrogens (tertiary/aromatic N) is 4. The molecule has 6 heteroatoms. The number of hydrogen-bond donors (Lipinski definition) is 1. The third-order valence-electron chi connectivity index (χ3n) is 4.16. The molecule has 25 heavy (non-hydrogen) atoms. The van der Waals surface area contributed by atoms with Crippen LogP contribution in [0.2, 0.25) is 0 Å². The van der Waals surface area contributed by atoms with E-state index in [1.165, 1.54) is 5.56 Å². The Labute approximate surface area is 145 Å². The lowest BCUT2D eigenvalue weighted by Gasteiger charge is -2.09. The van der Waals surface area contributed by atoms with E-state index in [0.29, 0.717) is 0 Å². The number of aromatic nitrogens is 4. The van der Waals surface area contributed by atoms with Gasteiger partial charge in [0.1, 0.15) is 11.3 Å². The molecule has 3 aromatic heterocycles. The summed E-state index contributed by atoms with van der Waals surface area (Å²) in [5.41, 5.74) is 5.12. The van der Waals surface area contributed by atoms with Gasteiger partial charge >= 0.3 is 0 Å². The van der Waals surface area contributed by atoms with Crippen LogP contribution in [0.5, 0.6) is 5.75 Å². The van der Waals surface area contributed by atoms with Gasteiger partial charge in [0.2, 0.25) is 0 Å². The molecule has 0 atom stereocenters. The first-order chi connectivity index (χ1) is 12.2. The molecular weight excluding hydrogens is 314 g/mol. The summed E-state index contributed by atoms with van der Waals surface area (Å²) in [5, 5.41) is 12.2. The van der Waals surface area contributed by atoms with Crippen molar-refractivity contribution in [1.29, 1.82) is 0 Å². The minimum absolute atomic E-state index is 0.732. The first-order valence-electron chi connectivity index (χ1n) is 8.07. The molecule has 0 unspecified atom stereocenters. The summed E-state index contributed by atoms with van der Waals surface area (Å²) < 4.78 is 9.24. The van der Waals surface area contributed by atoms with E-state index < -0.39 is 0 Å². The molecule has 6 nitrogen and oxygen atoms in total. The smallest absolute Gasteiger partial charge is 0.147 e. The summed E-state index contributed by atoms with van der Waals surface area (Å²) in [6.45, 7) is 0.732. The first kappa shape index (κ1) is 15.3. The summed E-state index contributed by atoms with van der Waals surface area (Å²) in [6, 6.07) is 12.3. The Hall–Kier alpha value is -3.28. The molecule has 0 aliphatic heterocycles. The van der Waals surface area contributed by atoms with E-state index in [1.807, 2.05) is 60.6 Å². The number of rotatable bonds is 5. The van der Waals surface area contributed by atoms with Crippen LogP contribution < -0.4 is 10.1 Å². The van der Waals surface area contributed by atoms with Gasteiger partial charge < -0.3 is 10.1 Å². The summed E-state index contributed by atoms with van der Waals surface area (Å²) in [7, 11) is 3.58. The molecule has 0 fully saturated rings. The average molecular weight is 333 g/mol. The number of methoxy groups -OCH3 is 1. The number of anilines is 1. The zero-order valence-corrected chi connectivity index (χ0v) is 14.2. The summed E-state index contributed by atoms with van der Waals surface area (Å²) in [5.74, 6) is 0.773. The zero-order valence-electron chi connectivity index (χ0n) is 14.2. The van der Waals surface area contributed by atoms with Crippen LogP contribution in [0, 0.1) is 0 Å². The summed E-state index contributed by atoms with van der Waals surface area (Å²) >= 11 is 0. The topological polar surface area (TPSA) is 56.4 Å². The number of benzene rings is 1. The predicted octanol–water partition coefficient (Wildman–Crippen LogP) is 3.36. The third kappa shape index (κ3) is 2.94. The highest BCUT2D eigenvalue weighted by molar-refractivity contribution is 5.81. The molecule has 1 aromatic carbocycles. The lowest BCUT2D eigenvalue weighted by molar-refractivity contribution is 0.418. The van der Waals surface area contributed by atoms with Crippen molar-refractivity contribution in [3.63, 3.8) is 0 Å². The van der Waals surface area contributed by atoms with Crippen molar-refractivity contribution in [2.24, 2.45) is 7.05 Å². The molecule has 0 saturated carbocycles. The van der Waals surface area contributed by atoms with Gasteiger partial charge in [0.15, 0.2) is 0 Å². The van der Waals surface area contributed by atoms with Gasteiger partial charge in [0.25, 0.3) is 0 Å². The number of hydrogen-bond acceptors (Lipinski definition) is 4. The maximum absolute atomic E-state index is 5.62. The van der Waals surface area contributed by atoms with Crippen LogP contribution in [0.25, 0.3) is 16.6 Å². The summed E-state index contributed by atoms with van der Waals surface area (Å²) in [6.07, 6.45) is 7.62. The molecule has 3 heterocycles. The van der Waals surface area contributed by atoms with E-state index in [0.717, 1.165) is 34.6 Å². The molecule has 0 amide bonds. The molecule has 4 rings (SSSR count). The van der Waals surface area contributed by atoms with E-state index in [4.69, 9.17) is 4.74 Å². The fourth-order valence-electron chi connectivity index (χ4n) is 2.89. The van der Waals surface area contributed by atoms with Crippen LogP contribution in [0.3, 0.4) is 0 Å². The van der Waals surface area contributed by atoms with Gasteiger partial charge in [0.05, 0.1) is 25.2 Å². The molecule has 0 radical (unpaired) electrons. The Bertz CT molecular complexity index is 1000. The second-order valence-electron chi connectivity index (χ2n) is 5.89. The standard InChI is InChI=1S/C19H19N5O/c1-23-12-16(10-21-23)15-8-18(25-2)19-17(11-22-24(19)13-15)20-9-14-6-4-3-5-7-14/h3-8,10-13,20H,9H2,1-2H3. The van der Waals surface area contributed by atoms with Crippen molar-refractivity contribution >= 4 is 11.2 Å². The molecule has 126 valence electrons. The van der Waals surface area contributed by atoms with E-state index >= 15 is 0 Å². The molecular formula is C19H19N5O. The number of pyridine rings is 1. The van der Waals surface area contributed by atoms with Gasteiger partial charge in [-0.2, -0.15) is 10.2 Å². The van der Waals surface area contributed by atoms with Crippen LogP contribution in [0.1, 0.15) is 5.56 Å². The van der Waals surface area contributed by atoms with Crippen LogP contribution in [-0.2, 0) is 13.6 Å². The number of nitrogens with one attached hydrogen (secondary N) is 1. The number of ether oxygens (including phenoxy) is 1. The van der Waals surface area contributed by atoms with Crippen molar-refractivity contribution in [2.45, 2.75) is 6.54 Å². The van der Waals surface area contributed by atoms with Crippen molar-refractivity contribution in [1.82, 2.24) is 19.4 Å². The van der Waals surface area contributed by atoms with Crippen molar-refractivity contribution in [3.05, 3.63) is 66.7 Å². The SMILES string of the molecule is COc1cc(-c2cnn(C)c2)cn2ncc(NCc3ccccc3)c12. The highest BCUT2D eigenvalue weighted by atomic mass is 16.5. The zero-order chi connectivity index (χ0) is 17.2. The van der Waals surface area contributed by atoms with E-state index in [-0.39, 0.29) is 0 Å². The van der Waals surface area contributed by atoms with Crippen LogP contribution in [-0.4, -0.2) is 26.5 Å². The van der Waals surface area contributed by atoms with Crippen LogP contribution in [0.4, 0.5) is 5.69 Å². The lowest BCUT2D eigenvalue weighted by Crippen LogP contribution is -2.00. The van der Waals surface area contributed by atoms with Gasteiger partial charge in [-0.15, -0.1) is 0 Å². The van der Waals surface area contributed by atoms with E-state index in [2.05, 4.69) is 27.6 Å². The Morgan fingerprint density at radius 1 is 1.04 bits per heavy atom. The van der Waals surface area contributed by atoms with E-state index in [9.17, 15) is 0 Å². The van der Waals surface area contributed by atoms with Gasteiger partial charge in [-0.3, -0.25) is 4.68 Å². The predicted molar refractivity (Wildman–Crippen MR) is 97.7 cm³/mol. The normalized spacial score (nSPS) is 11.0. The Morgan fingerprint density at radius 2 is 1.88 bits per heavy atom. The highest BCUT2D eigenvalue weighted by Gasteiger charge is 2.13. The average Bonchev–Trinajstić information content (AvgIpc) is 3.26. The fourth-order valence-corrected chi connectivity index (χ4v) is 2.89. The van der Waals surface area contributed by atoms with Crippen LogP contribution >= 0.6 is 0 Å². The minimum Gasteiger partial charge on any atom is -0.494 e. The highest BCUT2D eigenvalue weighted by Crippen LogP contribution is 2.32. The second kappa shape index (κ2) is 6.32. The summed E-state index contributed by atoms with van der Waals surface area (Å²) in [4.78, 5) is 0. The molecule has 4 aromatic rings. The Balaban J connectivity index is 1.70. The molecule has 0 spiro atoms. The third-order valence-corrected chi connectivity index (χ3v) is 4.16. The lowest BCUT2D eigenvalue weighted by atomic mass is 10.1. The fraction of sp³-hybridized carbons (Fsp3) is 0.158. The maximum atomic E-state index is 5.62. The molecule has 1 N–H and O–H groups in total. The molecule has 0 aliphatic carbocycles. The van der Waals surface area contributed by atoms with Gasteiger partial charge in [-0.05, 0) is 11.6 Å². The number of fused-ring (bicyclic) bond motifs is 1. The second-order valence-corrected chi connectivity index (χ2v) is 5.89. The van der Waals surface area contributed by atoms with E-state index in [1.54, 1.807) is 11.8 Å². The van der Waals surface area contributed by atoms with Gasteiger partial charge in [-0.25, -0.2) is 4.52 Å². The number of aryl methyl sites for hydroxylation is 1. The van der Waals surface area contributed by atoms with Crippen molar-refractivity contribution < 1.29 is 4.74 Å². The first-order valence-corrected chi connectivity index (χ1v) is 8.07. The van der Waals surface area contributed by atoms with Gasteiger partial charge in [0, 0.05) is 37.1 Å². The Morgan fingerprint density at radius 3 is 2.60 bits per heavy atom. The molecule has 0 saturated heterocycles. The quantitative estimate of drug-likeness (QED) is 0.608.